The van der Waals surface area contributed by atoms with Crippen LogP contribution in [0.4, 0.5) is 11.6 Å². The maximum Gasteiger partial charge on any atom is 0.339 e. The minimum atomic E-state index is -0.526. The van der Waals surface area contributed by atoms with Crippen molar-refractivity contribution in [3.63, 3.8) is 0 Å². The minimum absolute atomic E-state index is 0.199. The second-order valence-corrected chi connectivity index (χ2v) is 6.07. The van der Waals surface area contributed by atoms with Crippen molar-refractivity contribution in [2.24, 2.45) is 0 Å². The molecular weight excluding hydrogens is 356 g/mol. The zero-order valence-corrected chi connectivity index (χ0v) is 15.6. The molecule has 0 bridgehead atoms. The molecule has 2 aromatic carbocycles. The van der Waals surface area contributed by atoms with Crippen LogP contribution in [0.1, 0.15) is 26.4 Å². The quantitative estimate of drug-likeness (QED) is 0.665. The monoisotopic (exact) mass is 376 g/mol. The van der Waals surface area contributed by atoms with Crippen LogP contribution in [0.5, 0.6) is 0 Å². The number of hydrogen-bond donors (Lipinski definition) is 1. The average Bonchev–Trinajstić information content (AvgIpc) is 2.74. The van der Waals surface area contributed by atoms with Gasteiger partial charge in [0.25, 0.3) is 5.91 Å². The van der Waals surface area contributed by atoms with Crippen LogP contribution < -0.4 is 10.2 Å². The smallest absolute Gasteiger partial charge is 0.339 e. The normalized spacial score (nSPS) is 10.2. The van der Waals surface area contributed by atoms with E-state index >= 15 is 0 Å². The summed E-state index contributed by atoms with van der Waals surface area (Å²) in [5.41, 5.74) is 1.94. The van der Waals surface area contributed by atoms with E-state index in [2.05, 4.69) is 15.3 Å². The molecule has 0 spiro atoms. The van der Waals surface area contributed by atoms with Gasteiger partial charge < -0.3 is 15.0 Å². The van der Waals surface area contributed by atoms with Gasteiger partial charge in [0, 0.05) is 19.8 Å². The zero-order valence-electron chi connectivity index (χ0n) is 15.6. The Morgan fingerprint density at radius 1 is 1.04 bits per heavy atom. The third kappa shape index (κ3) is 4.50. The number of carbonyl (C=O) groups is 2. The summed E-state index contributed by atoms with van der Waals surface area (Å²) >= 11 is 0. The Morgan fingerprint density at radius 2 is 1.75 bits per heavy atom. The van der Waals surface area contributed by atoms with E-state index in [0.717, 1.165) is 5.56 Å². The molecule has 0 radical (unpaired) electrons. The molecule has 0 aliphatic heterocycles. The fourth-order valence-corrected chi connectivity index (χ4v) is 2.65. The van der Waals surface area contributed by atoms with Gasteiger partial charge in [0.1, 0.15) is 5.69 Å². The number of esters is 1. The molecule has 0 saturated heterocycles. The molecule has 0 unspecified atom stereocenters. The van der Waals surface area contributed by atoms with E-state index in [9.17, 15) is 9.59 Å². The van der Waals surface area contributed by atoms with Gasteiger partial charge >= 0.3 is 5.97 Å². The van der Waals surface area contributed by atoms with E-state index in [1.165, 1.54) is 19.4 Å². The van der Waals surface area contributed by atoms with Crippen LogP contribution in [0.15, 0.2) is 66.9 Å². The first-order valence-electron chi connectivity index (χ1n) is 8.65. The summed E-state index contributed by atoms with van der Waals surface area (Å²) in [7, 11) is 3.15. The summed E-state index contributed by atoms with van der Waals surface area (Å²) in [5, 5.41) is 2.71. The Balaban J connectivity index is 1.77. The van der Waals surface area contributed by atoms with Crippen molar-refractivity contribution >= 4 is 23.5 Å². The standard InChI is InChI=1S/C21H20N4O3/c1-25(14-15-8-4-3-5-9-15)21-22-13-12-18(24-21)19(26)23-17-11-7-6-10-16(17)20(27)28-2/h3-13H,14H2,1-2H3,(H,23,26). The van der Waals surface area contributed by atoms with Crippen molar-refractivity contribution in [2.75, 3.05) is 24.4 Å². The maximum atomic E-state index is 12.6. The Labute approximate surface area is 163 Å². The highest BCUT2D eigenvalue weighted by Crippen LogP contribution is 2.17. The SMILES string of the molecule is COC(=O)c1ccccc1NC(=O)c1ccnc(N(C)Cc2ccccc2)n1. The van der Waals surface area contributed by atoms with Crippen LogP contribution >= 0.6 is 0 Å². The van der Waals surface area contributed by atoms with Gasteiger partial charge in [-0.25, -0.2) is 14.8 Å². The summed E-state index contributed by atoms with van der Waals surface area (Å²) in [6.45, 7) is 0.608. The van der Waals surface area contributed by atoms with E-state index in [1.54, 1.807) is 24.3 Å². The average molecular weight is 376 g/mol. The first-order valence-corrected chi connectivity index (χ1v) is 8.65. The number of benzene rings is 2. The van der Waals surface area contributed by atoms with Gasteiger partial charge in [0.05, 0.1) is 18.4 Å². The molecule has 1 amide bonds. The molecule has 7 heteroatoms. The Morgan fingerprint density at radius 3 is 2.50 bits per heavy atom. The molecule has 3 rings (SSSR count). The molecule has 1 N–H and O–H groups in total. The number of carbonyl (C=O) groups excluding carboxylic acids is 2. The number of ether oxygens (including phenoxy) is 1. The van der Waals surface area contributed by atoms with Crippen LogP contribution in [0, 0.1) is 0 Å². The predicted molar refractivity (Wildman–Crippen MR) is 106 cm³/mol. The Kier molecular flexibility index (Phi) is 5.96. The van der Waals surface area contributed by atoms with Crippen LogP contribution in [-0.4, -0.2) is 36.0 Å². The van der Waals surface area contributed by atoms with Crippen molar-refractivity contribution in [2.45, 2.75) is 6.54 Å². The lowest BCUT2D eigenvalue weighted by molar-refractivity contribution is 0.0602. The number of hydrogen-bond acceptors (Lipinski definition) is 6. The molecular formula is C21H20N4O3. The van der Waals surface area contributed by atoms with Gasteiger partial charge in [0.2, 0.25) is 5.95 Å². The maximum absolute atomic E-state index is 12.6. The van der Waals surface area contributed by atoms with Crippen LogP contribution in [-0.2, 0) is 11.3 Å². The number of para-hydroxylation sites is 1. The van der Waals surface area contributed by atoms with Crippen LogP contribution in [0.3, 0.4) is 0 Å². The van der Waals surface area contributed by atoms with Gasteiger partial charge in [-0.1, -0.05) is 42.5 Å². The summed E-state index contributed by atoms with van der Waals surface area (Å²) in [4.78, 5) is 34.9. The van der Waals surface area contributed by atoms with Gasteiger partial charge in [0.15, 0.2) is 0 Å². The Hall–Kier alpha value is -3.74. The fourth-order valence-electron chi connectivity index (χ4n) is 2.65. The number of nitrogens with one attached hydrogen (secondary N) is 1. The first-order chi connectivity index (χ1) is 13.6. The van der Waals surface area contributed by atoms with Gasteiger partial charge in [-0.3, -0.25) is 4.79 Å². The lowest BCUT2D eigenvalue weighted by Crippen LogP contribution is -2.22. The minimum Gasteiger partial charge on any atom is -0.465 e. The van der Waals surface area contributed by atoms with Crippen molar-refractivity contribution in [3.05, 3.63) is 83.7 Å². The van der Waals surface area contributed by atoms with E-state index in [1.807, 2.05) is 42.3 Å². The Bertz CT molecular complexity index is 976. The lowest BCUT2D eigenvalue weighted by atomic mass is 10.1. The van der Waals surface area contributed by atoms with Gasteiger partial charge in [-0.15, -0.1) is 0 Å². The van der Waals surface area contributed by atoms with Crippen molar-refractivity contribution in [1.29, 1.82) is 0 Å². The molecule has 142 valence electrons. The second kappa shape index (κ2) is 8.77. The van der Waals surface area contributed by atoms with Crippen LogP contribution in [0.25, 0.3) is 0 Å². The number of nitrogens with zero attached hydrogens (tertiary/aromatic N) is 3. The summed E-state index contributed by atoms with van der Waals surface area (Å²) in [6.07, 6.45) is 1.53. The molecule has 1 heterocycles. The molecule has 7 nitrogen and oxygen atoms in total. The second-order valence-electron chi connectivity index (χ2n) is 6.07. The largest absolute Gasteiger partial charge is 0.465 e. The number of rotatable bonds is 6. The number of aromatic nitrogens is 2. The van der Waals surface area contributed by atoms with E-state index in [-0.39, 0.29) is 11.3 Å². The molecule has 0 aliphatic carbocycles. The molecule has 3 aromatic rings. The number of methoxy groups -OCH3 is 1. The highest BCUT2D eigenvalue weighted by atomic mass is 16.5. The molecule has 0 fully saturated rings. The number of anilines is 2. The lowest BCUT2D eigenvalue weighted by Gasteiger charge is -2.17. The first kappa shape index (κ1) is 19.0. The third-order valence-electron chi connectivity index (χ3n) is 4.06. The summed E-state index contributed by atoms with van der Waals surface area (Å²) in [6, 6.07) is 18.1. The van der Waals surface area contributed by atoms with Crippen molar-refractivity contribution in [3.8, 4) is 0 Å². The highest BCUT2D eigenvalue weighted by molar-refractivity contribution is 6.07. The van der Waals surface area contributed by atoms with Crippen molar-refractivity contribution in [1.82, 2.24) is 9.97 Å². The van der Waals surface area contributed by atoms with E-state index in [0.29, 0.717) is 18.2 Å². The third-order valence-corrected chi connectivity index (χ3v) is 4.06. The summed E-state index contributed by atoms with van der Waals surface area (Å²) < 4.78 is 4.75. The highest BCUT2D eigenvalue weighted by Gasteiger charge is 2.16. The molecule has 0 saturated carbocycles. The molecule has 28 heavy (non-hydrogen) atoms. The zero-order chi connectivity index (χ0) is 19.9. The van der Waals surface area contributed by atoms with Crippen molar-refractivity contribution < 1.29 is 14.3 Å². The van der Waals surface area contributed by atoms with Crippen LogP contribution in [0.2, 0.25) is 0 Å². The van der Waals surface area contributed by atoms with Gasteiger partial charge in [-0.05, 0) is 23.8 Å². The fraction of sp³-hybridized carbons (Fsp3) is 0.143. The van der Waals surface area contributed by atoms with Gasteiger partial charge in [-0.2, -0.15) is 0 Å². The predicted octanol–water partition coefficient (Wildman–Crippen LogP) is 3.15. The molecule has 0 aliphatic rings. The van der Waals surface area contributed by atoms with E-state index < -0.39 is 11.9 Å². The topological polar surface area (TPSA) is 84.4 Å². The van der Waals surface area contributed by atoms with E-state index in [4.69, 9.17) is 4.74 Å². The summed E-state index contributed by atoms with van der Waals surface area (Å²) in [5.74, 6) is -0.534. The molecule has 1 aromatic heterocycles. The number of amides is 1. The molecule has 0 atom stereocenters.